The number of rotatable bonds is 6. The van der Waals surface area contributed by atoms with Gasteiger partial charge in [0.1, 0.15) is 5.75 Å². The molecule has 0 aromatic heterocycles. The highest BCUT2D eigenvalue weighted by Crippen LogP contribution is 2.22. The van der Waals surface area contributed by atoms with Gasteiger partial charge in [-0.15, -0.1) is 0 Å². The maximum absolute atomic E-state index is 11.1. The average Bonchev–Trinajstić information content (AvgIpc) is 2.53. The number of amides is 1. The van der Waals surface area contributed by atoms with Crippen LogP contribution < -0.4 is 10.5 Å². The molecule has 21 heavy (non-hydrogen) atoms. The maximum atomic E-state index is 11.1. The number of aliphatic hydroxyl groups excluding tert-OH is 1. The van der Waals surface area contributed by atoms with Crippen molar-refractivity contribution in [1.29, 1.82) is 0 Å². The predicted octanol–water partition coefficient (Wildman–Crippen LogP) is 1.32. The van der Waals surface area contributed by atoms with E-state index >= 15 is 0 Å². The smallest absolute Gasteiger partial charge is 0.220 e. The lowest BCUT2D eigenvalue weighted by Gasteiger charge is -2.31. The van der Waals surface area contributed by atoms with Crippen molar-refractivity contribution in [3.63, 3.8) is 0 Å². The molecule has 1 atom stereocenters. The number of ether oxygens (including phenoxy) is 1. The van der Waals surface area contributed by atoms with E-state index in [1.54, 1.807) is 7.11 Å². The van der Waals surface area contributed by atoms with Crippen molar-refractivity contribution < 1.29 is 14.6 Å². The summed E-state index contributed by atoms with van der Waals surface area (Å²) in [4.78, 5) is 13.4. The van der Waals surface area contributed by atoms with Crippen LogP contribution in [0.25, 0.3) is 0 Å². The zero-order chi connectivity index (χ0) is 15.2. The molecule has 0 spiro atoms. The predicted molar refractivity (Wildman–Crippen MR) is 80.9 cm³/mol. The monoisotopic (exact) mass is 292 g/mol. The van der Waals surface area contributed by atoms with E-state index in [9.17, 15) is 9.90 Å². The standard InChI is InChI=1S/C16H24N2O3/c1-21-14-4-2-12(3-5-14)15(19)8-11-18-9-6-13(7-10-18)16(17)20/h2-5,13,15,19H,6-11H2,1H3,(H2,17,20). The van der Waals surface area contributed by atoms with Gasteiger partial charge in [0.2, 0.25) is 5.91 Å². The van der Waals surface area contributed by atoms with Gasteiger partial charge >= 0.3 is 0 Å². The molecule has 1 unspecified atom stereocenters. The zero-order valence-electron chi connectivity index (χ0n) is 12.5. The SMILES string of the molecule is COc1ccc(C(O)CCN2CCC(C(N)=O)CC2)cc1. The van der Waals surface area contributed by atoms with Crippen molar-refractivity contribution in [3.05, 3.63) is 29.8 Å². The minimum Gasteiger partial charge on any atom is -0.497 e. The van der Waals surface area contributed by atoms with Crippen molar-refractivity contribution in [2.45, 2.75) is 25.4 Å². The van der Waals surface area contributed by atoms with Crippen LogP contribution in [0.15, 0.2) is 24.3 Å². The van der Waals surface area contributed by atoms with Gasteiger partial charge in [-0.3, -0.25) is 4.79 Å². The fourth-order valence-electron chi connectivity index (χ4n) is 2.74. The number of methoxy groups -OCH3 is 1. The number of aliphatic hydroxyl groups is 1. The number of piperidine rings is 1. The maximum Gasteiger partial charge on any atom is 0.220 e. The molecule has 5 heteroatoms. The summed E-state index contributed by atoms with van der Waals surface area (Å²) in [5.41, 5.74) is 6.23. The van der Waals surface area contributed by atoms with Crippen LogP contribution in [-0.4, -0.2) is 42.7 Å². The molecule has 5 nitrogen and oxygen atoms in total. The second kappa shape index (κ2) is 7.43. The molecule has 1 aromatic carbocycles. The Kier molecular flexibility index (Phi) is 5.59. The molecule has 0 aliphatic carbocycles. The molecular weight excluding hydrogens is 268 g/mol. The number of benzene rings is 1. The summed E-state index contributed by atoms with van der Waals surface area (Å²) in [6.45, 7) is 2.59. The quantitative estimate of drug-likeness (QED) is 0.829. The molecule has 1 amide bonds. The highest BCUT2D eigenvalue weighted by atomic mass is 16.5. The van der Waals surface area contributed by atoms with Crippen LogP contribution in [0.4, 0.5) is 0 Å². The Balaban J connectivity index is 1.76. The van der Waals surface area contributed by atoms with Crippen LogP contribution in [-0.2, 0) is 4.79 Å². The first-order chi connectivity index (χ1) is 10.1. The van der Waals surface area contributed by atoms with Crippen molar-refractivity contribution in [2.24, 2.45) is 11.7 Å². The Hall–Kier alpha value is -1.59. The van der Waals surface area contributed by atoms with E-state index in [4.69, 9.17) is 10.5 Å². The molecule has 1 fully saturated rings. The number of likely N-dealkylation sites (tertiary alicyclic amines) is 1. The largest absolute Gasteiger partial charge is 0.497 e. The molecule has 116 valence electrons. The van der Waals surface area contributed by atoms with E-state index in [1.165, 1.54) is 0 Å². The Labute approximate surface area is 125 Å². The number of nitrogens with zero attached hydrogens (tertiary/aromatic N) is 1. The first-order valence-corrected chi connectivity index (χ1v) is 7.44. The summed E-state index contributed by atoms with van der Waals surface area (Å²) in [5, 5.41) is 10.2. The number of hydrogen-bond donors (Lipinski definition) is 2. The lowest BCUT2D eigenvalue weighted by atomic mass is 9.96. The Morgan fingerprint density at radius 1 is 1.38 bits per heavy atom. The first-order valence-electron chi connectivity index (χ1n) is 7.44. The van der Waals surface area contributed by atoms with Crippen LogP contribution in [0.1, 0.15) is 30.9 Å². The minimum absolute atomic E-state index is 0.0211. The third kappa shape index (κ3) is 4.44. The van der Waals surface area contributed by atoms with Crippen LogP contribution in [0.3, 0.4) is 0 Å². The van der Waals surface area contributed by atoms with Crippen LogP contribution in [0.5, 0.6) is 5.75 Å². The summed E-state index contributed by atoms with van der Waals surface area (Å²) in [6, 6.07) is 7.50. The number of primary amides is 1. The molecule has 0 bridgehead atoms. The number of hydrogen-bond acceptors (Lipinski definition) is 4. The van der Waals surface area contributed by atoms with Crippen molar-refractivity contribution in [1.82, 2.24) is 4.90 Å². The van der Waals surface area contributed by atoms with Gasteiger partial charge in [-0.05, 0) is 50.0 Å². The molecule has 1 aliphatic rings. The van der Waals surface area contributed by atoms with Crippen LogP contribution >= 0.6 is 0 Å². The minimum atomic E-state index is -0.468. The lowest BCUT2D eigenvalue weighted by Crippen LogP contribution is -2.39. The van der Waals surface area contributed by atoms with Gasteiger partial charge < -0.3 is 20.5 Å². The molecule has 0 saturated carbocycles. The van der Waals surface area contributed by atoms with Gasteiger partial charge in [-0.25, -0.2) is 0 Å². The Morgan fingerprint density at radius 2 is 2.00 bits per heavy atom. The summed E-state index contributed by atoms with van der Waals surface area (Å²) in [5.74, 6) is 0.625. The average molecular weight is 292 g/mol. The normalized spacial score (nSPS) is 18.4. The fourth-order valence-corrected chi connectivity index (χ4v) is 2.74. The topological polar surface area (TPSA) is 75.8 Å². The highest BCUT2D eigenvalue weighted by molar-refractivity contribution is 5.76. The number of carbonyl (C=O) groups excluding carboxylic acids is 1. The summed E-state index contributed by atoms with van der Waals surface area (Å²) in [7, 11) is 1.63. The van der Waals surface area contributed by atoms with E-state index in [-0.39, 0.29) is 11.8 Å². The second-order valence-corrected chi connectivity index (χ2v) is 5.60. The summed E-state index contributed by atoms with van der Waals surface area (Å²) in [6.07, 6.45) is 1.87. The van der Waals surface area contributed by atoms with Gasteiger partial charge in [-0.1, -0.05) is 12.1 Å². The van der Waals surface area contributed by atoms with Crippen molar-refractivity contribution in [3.8, 4) is 5.75 Å². The van der Waals surface area contributed by atoms with Crippen molar-refractivity contribution in [2.75, 3.05) is 26.7 Å². The van der Waals surface area contributed by atoms with E-state index in [2.05, 4.69) is 4.90 Å². The molecule has 2 rings (SSSR count). The third-order valence-corrected chi connectivity index (χ3v) is 4.21. The molecule has 1 heterocycles. The third-order valence-electron chi connectivity index (χ3n) is 4.21. The Bertz CT molecular complexity index is 453. The van der Waals surface area contributed by atoms with E-state index in [1.807, 2.05) is 24.3 Å². The summed E-state index contributed by atoms with van der Waals surface area (Å²) < 4.78 is 5.11. The van der Waals surface area contributed by atoms with Gasteiger partial charge in [0.25, 0.3) is 0 Å². The number of carbonyl (C=O) groups is 1. The second-order valence-electron chi connectivity index (χ2n) is 5.60. The Morgan fingerprint density at radius 3 is 2.52 bits per heavy atom. The van der Waals surface area contributed by atoms with Crippen molar-refractivity contribution >= 4 is 5.91 Å². The highest BCUT2D eigenvalue weighted by Gasteiger charge is 2.23. The molecule has 1 saturated heterocycles. The molecule has 1 aromatic rings. The number of nitrogens with two attached hydrogens (primary N) is 1. The van der Waals surface area contributed by atoms with Crippen LogP contribution in [0.2, 0.25) is 0 Å². The molecule has 1 aliphatic heterocycles. The zero-order valence-corrected chi connectivity index (χ0v) is 12.5. The fraction of sp³-hybridized carbons (Fsp3) is 0.562. The van der Waals surface area contributed by atoms with E-state index < -0.39 is 6.10 Å². The summed E-state index contributed by atoms with van der Waals surface area (Å²) >= 11 is 0. The lowest BCUT2D eigenvalue weighted by molar-refractivity contribution is -0.123. The first kappa shape index (κ1) is 15.8. The van der Waals surface area contributed by atoms with Gasteiger partial charge in [-0.2, -0.15) is 0 Å². The van der Waals surface area contributed by atoms with Gasteiger partial charge in [0.15, 0.2) is 0 Å². The van der Waals surface area contributed by atoms with E-state index in [0.29, 0.717) is 6.42 Å². The van der Waals surface area contributed by atoms with Gasteiger partial charge in [0, 0.05) is 12.5 Å². The molecule has 3 N–H and O–H groups in total. The van der Waals surface area contributed by atoms with E-state index in [0.717, 1.165) is 43.8 Å². The molecular formula is C16H24N2O3. The van der Waals surface area contributed by atoms with Crippen LogP contribution in [0, 0.1) is 5.92 Å². The molecule has 0 radical (unpaired) electrons. The van der Waals surface area contributed by atoms with Gasteiger partial charge in [0.05, 0.1) is 13.2 Å².